The smallest absolute Gasteiger partial charge is 0.254 e. The lowest BCUT2D eigenvalue weighted by atomic mass is 10.2. The molecular formula is C14H20ClN3O2. The van der Waals surface area contributed by atoms with E-state index in [2.05, 4.69) is 17.2 Å². The number of rotatable bonds is 5. The molecular weight excluding hydrogens is 278 g/mol. The first-order valence-electron chi connectivity index (χ1n) is 6.87. The number of carbonyl (C=O) groups is 1. The zero-order chi connectivity index (χ0) is 14.5. The largest absolute Gasteiger partial charge is 0.380 e. The quantitative estimate of drug-likeness (QED) is 0.848. The lowest BCUT2D eigenvalue weighted by molar-refractivity contribution is 0.0724. The van der Waals surface area contributed by atoms with Crippen LogP contribution in [0.4, 0.5) is 5.82 Å². The van der Waals surface area contributed by atoms with E-state index in [0.717, 1.165) is 25.9 Å². The molecule has 110 valence electrons. The Morgan fingerprint density at radius 2 is 2.40 bits per heavy atom. The Balaban J connectivity index is 2.11. The highest BCUT2D eigenvalue weighted by atomic mass is 35.5. The fourth-order valence-electron chi connectivity index (χ4n) is 2.25. The van der Waals surface area contributed by atoms with Crippen LogP contribution in [0, 0.1) is 0 Å². The van der Waals surface area contributed by atoms with Gasteiger partial charge < -0.3 is 15.0 Å². The van der Waals surface area contributed by atoms with Gasteiger partial charge in [0.1, 0.15) is 11.0 Å². The van der Waals surface area contributed by atoms with Crippen LogP contribution < -0.4 is 5.32 Å². The van der Waals surface area contributed by atoms with Gasteiger partial charge >= 0.3 is 0 Å². The molecule has 0 saturated carbocycles. The molecule has 0 aromatic carbocycles. The number of carbonyl (C=O) groups excluding carboxylic acids is 1. The highest BCUT2D eigenvalue weighted by Gasteiger charge is 2.27. The number of anilines is 1. The summed E-state index contributed by atoms with van der Waals surface area (Å²) in [5, 5.41) is 3.48. The number of hydrogen-bond donors (Lipinski definition) is 1. The van der Waals surface area contributed by atoms with Crippen molar-refractivity contribution in [1.29, 1.82) is 0 Å². The average Bonchev–Trinajstić information content (AvgIpc) is 2.92. The minimum atomic E-state index is -0.0200. The van der Waals surface area contributed by atoms with Gasteiger partial charge in [-0.15, -0.1) is 0 Å². The van der Waals surface area contributed by atoms with E-state index in [4.69, 9.17) is 16.3 Å². The first-order valence-corrected chi connectivity index (χ1v) is 7.25. The monoisotopic (exact) mass is 297 g/mol. The van der Waals surface area contributed by atoms with Gasteiger partial charge in [-0.2, -0.15) is 0 Å². The molecule has 1 aliphatic heterocycles. The van der Waals surface area contributed by atoms with E-state index in [1.54, 1.807) is 24.1 Å². The van der Waals surface area contributed by atoms with Crippen molar-refractivity contribution >= 4 is 23.3 Å². The first kappa shape index (κ1) is 15.1. The Morgan fingerprint density at radius 3 is 3.05 bits per heavy atom. The normalized spacial score (nSPS) is 18.4. The van der Waals surface area contributed by atoms with Gasteiger partial charge in [-0.1, -0.05) is 18.5 Å². The van der Waals surface area contributed by atoms with Crippen molar-refractivity contribution in [1.82, 2.24) is 9.88 Å². The van der Waals surface area contributed by atoms with E-state index in [9.17, 15) is 4.79 Å². The summed E-state index contributed by atoms with van der Waals surface area (Å²) in [6, 6.07) is 3.37. The number of nitrogens with zero attached hydrogens (tertiary/aromatic N) is 2. The van der Waals surface area contributed by atoms with E-state index in [0.29, 0.717) is 23.1 Å². The van der Waals surface area contributed by atoms with Crippen LogP contribution in [0.25, 0.3) is 0 Å². The third kappa shape index (κ3) is 3.61. The van der Waals surface area contributed by atoms with Crippen LogP contribution in [0.2, 0.25) is 5.15 Å². The summed E-state index contributed by atoms with van der Waals surface area (Å²) in [7, 11) is 1.68. The molecule has 5 nitrogen and oxygen atoms in total. The highest BCUT2D eigenvalue weighted by molar-refractivity contribution is 6.29. The zero-order valence-electron chi connectivity index (χ0n) is 11.9. The standard InChI is InChI=1S/C14H20ClN3O2/c1-3-5-16-13-8-10(7-12(15)17-13)14(19)18-6-4-11(9-18)20-2/h7-8,11H,3-6,9H2,1-2H3,(H,16,17). The highest BCUT2D eigenvalue weighted by Crippen LogP contribution is 2.19. The molecule has 20 heavy (non-hydrogen) atoms. The Bertz CT molecular complexity index is 481. The molecule has 2 heterocycles. The molecule has 0 spiro atoms. The predicted octanol–water partition coefficient (Wildman–Crippen LogP) is 2.42. The summed E-state index contributed by atoms with van der Waals surface area (Å²) in [5.41, 5.74) is 0.570. The van der Waals surface area contributed by atoms with Gasteiger partial charge in [0.25, 0.3) is 5.91 Å². The summed E-state index contributed by atoms with van der Waals surface area (Å²) in [6.45, 7) is 4.22. The fraction of sp³-hybridized carbons (Fsp3) is 0.571. The Labute approximate surface area is 124 Å². The number of hydrogen-bond acceptors (Lipinski definition) is 4. The molecule has 1 atom stereocenters. The summed E-state index contributed by atoms with van der Waals surface area (Å²) in [4.78, 5) is 18.4. The van der Waals surface area contributed by atoms with Crippen LogP contribution in [-0.4, -0.2) is 48.6 Å². The molecule has 1 amide bonds. The SMILES string of the molecule is CCCNc1cc(C(=O)N2CCC(OC)C2)cc(Cl)n1. The molecule has 2 rings (SSSR count). The van der Waals surface area contributed by atoms with E-state index < -0.39 is 0 Å². The van der Waals surface area contributed by atoms with Crippen molar-refractivity contribution in [3.8, 4) is 0 Å². The summed E-state index contributed by atoms with van der Waals surface area (Å²) < 4.78 is 5.28. The lowest BCUT2D eigenvalue weighted by Gasteiger charge is -2.17. The third-order valence-corrected chi connectivity index (χ3v) is 3.56. The molecule has 1 saturated heterocycles. The number of likely N-dealkylation sites (tertiary alicyclic amines) is 1. The molecule has 1 unspecified atom stereocenters. The molecule has 1 aliphatic rings. The molecule has 1 aromatic rings. The van der Waals surface area contributed by atoms with Gasteiger partial charge in [0.15, 0.2) is 0 Å². The molecule has 0 radical (unpaired) electrons. The van der Waals surface area contributed by atoms with E-state index in [1.165, 1.54) is 0 Å². The summed E-state index contributed by atoms with van der Waals surface area (Å²) in [5.74, 6) is 0.624. The van der Waals surface area contributed by atoms with Gasteiger partial charge in [-0.3, -0.25) is 4.79 Å². The maximum Gasteiger partial charge on any atom is 0.254 e. The van der Waals surface area contributed by atoms with E-state index in [1.807, 2.05) is 0 Å². The second-order valence-corrected chi connectivity index (χ2v) is 5.28. The van der Waals surface area contributed by atoms with Crippen molar-refractivity contribution in [3.63, 3.8) is 0 Å². The minimum Gasteiger partial charge on any atom is -0.380 e. The van der Waals surface area contributed by atoms with E-state index in [-0.39, 0.29) is 12.0 Å². The van der Waals surface area contributed by atoms with Crippen molar-refractivity contribution in [3.05, 3.63) is 22.8 Å². The number of pyridine rings is 1. The maximum absolute atomic E-state index is 12.4. The molecule has 1 N–H and O–H groups in total. The molecule has 1 fully saturated rings. The van der Waals surface area contributed by atoms with E-state index >= 15 is 0 Å². The number of methoxy groups -OCH3 is 1. The molecule has 6 heteroatoms. The first-order chi connectivity index (χ1) is 9.63. The number of amides is 1. The third-order valence-electron chi connectivity index (χ3n) is 3.36. The van der Waals surface area contributed by atoms with Crippen molar-refractivity contribution < 1.29 is 9.53 Å². The Kier molecular flexibility index (Phi) is 5.20. The lowest BCUT2D eigenvalue weighted by Crippen LogP contribution is -2.30. The number of aromatic nitrogens is 1. The average molecular weight is 298 g/mol. The van der Waals surface area contributed by atoms with Crippen LogP contribution in [0.3, 0.4) is 0 Å². The maximum atomic E-state index is 12.4. The second kappa shape index (κ2) is 6.90. The topological polar surface area (TPSA) is 54.5 Å². The van der Waals surface area contributed by atoms with Gasteiger partial charge in [0.2, 0.25) is 0 Å². The fourth-order valence-corrected chi connectivity index (χ4v) is 2.46. The van der Waals surface area contributed by atoms with Crippen LogP contribution in [0.5, 0.6) is 0 Å². The van der Waals surface area contributed by atoms with Crippen molar-refractivity contribution in [2.24, 2.45) is 0 Å². The minimum absolute atomic E-state index is 0.0200. The summed E-state index contributed by atoms with van der Waals surface area (Å²) >= 11 is 5.99. The number of halogens is 1. The number of nitrogens with one attached hydrogen (secondary N) is 1. The van der Waals surface area contributed by atoms with Gasteiger partial charge in [-0.05, 0) is 25.0 Å². The second-order valence-electron chi connectivity index (χ2n) is 4.89. The van der Waals surface area contributed by atoms with Crippen LogP contribution in [0.1, 0.15) is 30.1 Å². The van der Waals surface area contributed by atoms with Crippen LogP contribution in [0.15, 0.2) is 12.1 Å². The zero-order valence-corrected chi connectivity index (χ0v) is 12.6. The van der Waals surface area contributed by atoms with Gasteiger partial charge in [-0.25, -0.2) is 4.98 Å². The Morgan fingerprint density at radius 1 is 1.60 bits per heavy atom. The van der Waals surface area contributed by atoms with Crippen molar-refractivity contribution in [2.45, 2.75) is 25.9 Å². The van der Waals surface area contributed by atoms with Gasteiger partial charge in [0.05, 0.1) is 6.10 Å². The molecule has 0 bridgehead atoms. The van der Waals surface area contributed by atoms with Crippen LogP contribution in [-0.2, 0) is 4.74 Å². The molecule has 1 aromatic heterocycles. The number of ether oxygens (including phenoxy) is 1. The van der Waals surface area contributed by atoms with Gasteiger partial charge in [0, 0.05) is 32.3 Å². The summed E-state index contributed by atoms with van der Waals surface area (Å²) in [6.07, 6.45) is 2.00. The van der Waals surface area contributed by atoms with Crippen molar-refractivity contribution in [2.75, 3.05) is 32.1 Å². The molecule has 0 aliphatic carbocycles. The predicted molar refractivity (Wildman–Crippen MR) is 79.3 cm³/mol. The Hall–Kier alpha value is -1.33. The van der Waals surface area contributed by atoms with Crippen LogP contribution >= 0.6 is 11.6 Å².